The van der Waals surface area contributed by atoms with Gasteiger partial charge in [-0.05, 0) is 88.4 Å². The average Bonchev–Trinajstić information content (AvgIpc) is 3.51. The van der Waals surface area contributed by atoms with E-state index in [0.29, 0.717) is 0 Å². The van der Waals surface area contributed by atoms with Gasteiger partial charge in [0.2, 0.25) is 0 Å². The highest BCUT2D eigenvalue weighted by Crippen LogP contribution is 2.43. The molecule has 7 aromatic rings. The summed E-state index contributed by atoms with van der Waals surface area (Å²) in [6, 6.07) is 36.3. The Kier molecular flexibility index (Phi) is 4.09. The van der Waals surface area contributed by atoms with E-state index in [2.05, 4.69) is 103 Å². The smallest absolute Gasteiger partial charge is 0.136 e. The fourth-order valence-electron chi connectivity index (χ4n) is 5.90. The van der Waals surface area contributed by atoms with E-state index in [1.54, 1.807) is 0 Å². The van der Waals surface area contributed by atoms with Crippen molar-refractivity contribution >= 4 is 55.3 Å². The average molecular weight is 463 g/mol. The molecule has 0 fully saturated rings. The Hall–Kier alpha value is -4.56. The van der Waals surface area contributed by atoms with Crippen LogP contribution in [-0.2, 0) is 6.42 Å². The van der Waals surface area contributed by atoms with E-state index in [4.69, 9.17) is 8.83 Å². The molecule has 5 aromatic carbocycles. The second-order valence-corrected chi connectivity index (χ2v) is 9.63. The SMILES string of the molecule is C1=C(c2ccccc2)CCc2c1oc1ccc3c(ccc4oc5cc(-c6ccccc6)ccc5c43)c21. The van der Waals surface area contributed by atoms with Crippen molar-refractivity contribution in [3.8, 4) is 11.1 Å². The number of hydrogen-bond donors (Lipinski definition) is 0. The van der Waals surface area contributed by atoms with Gasteiger partial charge in [0.15, 0.2) is 0 Å². The molecule has 170 valence electrons. The Balaban J connectivity index is 1.34. The Bertz CT molecular complexity index is 1970. The Morgan fingerprint density at radius 3 is 1.92 bits per heavy atom. The van der Waals surface area contributed by atoms with Gasteiger partial charge in [-0.3, -0.25) is 0 Å². The van der Waals surface area contributed by atoms with Crippen LogP contribution in [0.5, 0.6) is 0 Å². The molecule has 0 spiro atoms. The Morgan fingerprint density at radius 2 is 1.14 bits per heavy atom. The third-order valence-corrected chi connectivity index (χ3v) is 7.62. The minimum Gasteiger partial charge on any atom is -0.456 e. The van der Waals surface area contributed by atoms with E-state index in [9.17, 15) is 0 Å². The Morgan fingerprint density at radius 1 is 0.472 bits per heavy atom. The van der Waals surface area contributed by atoms with Gasteiger partial charge in [-0.25, -0.2) is 0 Å². The highest BCUT2D eigenvalue weighted by Gasteiger charge is 2.22. The number of benzene rings is 5. The van der Waals surface area contributed by atoms with Crippen LogP contribution in [0.3, 0.4) is 0 Å². The number of aryl methyl sites for hydroxylation is 1. The summed E-state index contributed by atoms with van der Waals surface area (Å²) in [7, 11) is 0. The molecule has 0 bridgehead atoms. The normalized spacial score (nSPS) is 13.5. The monoisotopic (exact) mass is 462 g/mol. The van der Waals surface area contributed by atoms with Crippen molar-refractivity contribution < 1.29 is 8.83 Å². The van der Waals surface area contributed by atoms with E-state index >= 15 is 0 Å². The van der Waals surface area contributed by atoms with E-state index < -0.39 is 0 Å². The van der Waals surface area contributed by atoms with Gasteiger partial charge in [0, 0.05) is 21.7 Å². The fourth-order valence-corrected chi connectivity index (χ4v) is 5.90. The molecule has 0 atom stereocenters. The third kappa shape index (κ3) is 2.85. The molecule has 2 heterocycles. The first-order valence-corrected chi connectivity index (χ1v) is 12.5. The molecule has 1 aliphatic rings. The second kappa shape index (κ2) is 7.47. The highest BCUT2D eigenvalue weighted by molar-refractivity contribution is 6.24. The molecule has 0 saturated heterocycles. The first kappa shape index (κ1) is 19.7. The fraction of sp³-hybridized carbons (Fsp3) is 0.0588. The molecule has 0 saturated carbocycles. The maximum Gasteiger partial charge on any atom is 0.136 e. The zero-order valence-corrected chi connectivity index (χ0v) is 19.6. The molecule has 1 aliphatic carbocycles. The van der Waals surface area contributed by atoms with Crippen molar-refractivity contribution in [2.24, 2.45) is 0 Å². The van der Waals surface area contributed by atoms with E-state index in [1.165, 1.54) is 49.4 Å². The summed E-state index contributed by atoms with van der Waals surface area (Å²) in [4.78, 5) is 0. The van der Waals surface area contributed by atoms with E-state index in [-0.39, 0.29) is 0 Å². The van der Waals surface area contributed by atoms with Crippen LogP contribution in [0.1, 0.15) is 23.3 Å². The lowest BCUT2D eigenvalue weighted by atomic mass is 9.90. The lowest BCUT2D eigenvalue weighted by Gasteiger charge is -2.13. The number of fused-ring (bicyclic) bond motifs is 9. The van der Waals surface area contributed by atoms with Crippen molar-refractivity contribution in [1.82, 2.24) is 0 Å². The van der Waals surface area contributed by atoms with Crippen LogP contribution >= 0.6 is 0 Å². The molecule has 0 amide bonds. The van der Waals surface area contributed by atoms with Crippen LogP contribution in [0.15, 0.2) is 112 Å². The molecule has 0 radical (unpaired) electrons. The van der Waals surface area contributed by atoms with Gasteiger partial charge in [-0.2, -0.15) is 0 Å². The van der Waals surface area contributed by atoms with Gasteiger partial charge in [-0.15, -0.1) is 0 Å². The zero-order chi connectivity index (χ0) is 23.6. The molecule has 0 unspecified atom stereocenters. The summed E-state index contributed by atoms with van der Waals surface area (Å²) in [6.45, 7) is 0. The van der Waals surface area contributed by atoms with Gasteiger partial charge >= 0.3 is 0 Å². The van der Waals surface area contributed by atoms with Crippen LogP contribution in [-0.4, -0.2) is 0 Å². The second-order valence-electron chi connectivity index (χ2n) is 9.63. The van der Waals surface area contributed by atoms with Crippen LogP contribution < -0.4 is 0 Å². The summed E-state index contributed by atoms with van der Waals surface area (Å²) >= 11 is 0. The lowest BCUT2D eigenvalue weighted by Crippen LogP contribution is -1.96. The van der Waals surface area contributed by atoms with Crippen LogP contribution in [0, 0.1) is 0 Å². The standard InChI is InChI=1S/C34H22O2/c1-3-7-21(8-4-1)23-11-13-27-31(19-23)35-29-17-15-26-25(33(27)29)16-18-30-34(26)28-14-12-24(20-32(28)36-30)22-9-5-2-6-10-22/h1-11,13,15-20H,12,14H2. The van der Waals surface area contributed by atoms with Gasteiger partial charge in [0.1, 0.15) is 22.5 Å². The van der Waals surface area contributed by atoms with Gasteiger partial charge in [0.25, 0.3) is 0 Å². The van der Waals surface area contributed by atoms with Crippen LogP contribution in [0.2, 0.25) is 0 Å². The minimum atomic E-state index is 0.920. The first-order chi connectivity index (χ1) is 17.8. The molecule has 2 heteroatoms. The first-order valence-electron chi connectivity index (χ1n) is 12.5. The number of allylic oxidation sites excluding steroid dienone is 1. The van der Waals surface area contributed by atoms with Gasteiger partial charge in [0.05, 0.1) is 0 Å². The van der Waals surface area contributed by atoms with Crippen LogP contribution in [0.4, 0.5) is 0 Å². The molecular formula is C34H22O2. The van der Waals surface area contributed by atoms with E-state index in [1.807, 2.05) is 6.07 Å². The molecule has 0 aliphatic heterocycles. The molecule has 2 aromatic heterocycles. The predicted molar refractivity (Wildman–Crippen MR) is 149 cm³/mol. The maximum atomic E-state index is 6.40. The van der Waals surface area contributed by atoms with Crippen molar-refractivity contribution in [3.05, 3.63) is 120 Å². The molecule has 36 heavy (non-hydrogen) atoms. The highest BCUT2D eigenvalue weighted by atomic mass is 16.3. The summed E-state index contributed by atoms with van der Waals surface area (Å²) in [5, 5.41) is 6.01. The largest absolute Gasteiger partial charge is 0.456 e. The van der Waals surface area contributed by atoms with E-state index in [0.717, 1.165) is 40.7 Å². The quantitative estimate of drug-likeness (QED) is 0.256. The zero-order valence-electron chi connectivity index (χ0n) is 19.6. The number of furan rings is 2. The Labute approximate surface area is 208 Å². The van der Waals surface area contributed by atoms with Crippen molar-refractivity contribution in [2.75, 3.05) is 0 Å². The maximum absolute atomic E-state index is 6.40. The molecule has 8 rings (SSSR count). The number of hydrogen-bond acceptors (Lipinski definition) is 2. The minimum absolute atomic E-state index is 0.920. The van der Waals surface area contributed by atoms with Crippen molar-refractivity contribution in [2.45, 2.75) is 12.8 Å². The molecule has 0 N–H and O–H groups in total. The predicted octanol–water partition coefficient (Wildman–Crippen LogP) is 9.64. The van der Waals surface area contributed by atoms with Crippen molar-refractivity contribution in [3.63, 3.8) is 0 Å². The topological polar surface area (TPSA) is 26.3 Å². The molecular weight excluding hydrogens is 440 g/mol. The molecule has 2 nitrogen and oxygen atoms in total. The third-order valence-electron chi connectivity index (χ3n) is 7.62. The van der Waals surface area contributed by atoms with Crippen molar-refractivity contribution in [1.29, 1.82) is 0 Å². The summed E-state index contributed by atoms with van der Waals surface area (Å²) in [5.41, 5.74) is 9.08. The van der Waals surface area contributed by atoms with Gasteiger partial charge < -0.3 is 8.83 Å². The van der Waals surface area contributed by atoms with Gasteiger partial charge in [-0.1, -0.05) is 66.7 Å². The number of rotatable bonds is 2. The summed E-state index contributed by atoms with van der Waals surface area (Å²) in [6.07, 6.45) is 4.23. The van der Waals surface area contributed by atoms with Crippen LogP contribution in [0.25, 0.3) is 66.5 Å². The summed E-state index contributed by atoms with van der Waals surface area (Å²) in [5.74, 6) is 0.993. The lowest BCUT2D eigenvalue weighted by molar-refractivity contribution is 0.596. The summed E-state index contributed by atoms with van der Waals surface area (Å²) < 4.78 is 12.8.